The lowest BCUT2D eigenvalue weighted by Crippen LogP contribution is -2.46. The van der Waals surface area contributed by atoms with E-state index >= 15 is 0 Å². The van der Waals surface area contributed by atoms with Crippen LogP contribution in [0.2, 0.25) is 10.0 Å². The topological polar surface area (TPSA) is 75.6 Å². The van der Waals surface area contributed by atoms with Crippen LogP contribution in [0.3, 0.4) is 0 Å². The number of ether oxygens (including phenoxy) is 1. The normalized spacial score (nSPS) is 13.3. The van der Waals surface area contributed by atoms with Gasteiger partial charge in [-0.05, 0) is 24.1 Å². The molecule has 2 N–H and O–H groups in total. The van der Waals surface area contributed by atoms with E-state index in [1.807, 2.05) is 6.92 Å². The molecule has 2 atom stereocenters. The van der Waals surface area contributed by atoms with Crippen LogP contribution in [-0.2, 0) is 9.59 Å². The van der Waals surface area contributed by atoms with E-state index in [1.165, 1.54) is 6.07 Å². The van der Waals surface area contributed by atoms with E-state index in [0.29, 0.717) is 17.2 Å². The summed E-state index contributed by atoms with van der Waals surface area (Å²) in [6, 6.07) is 3.68. The summed E-state index contributed by atoms with van der Waals surface area (Å²) in [7, 11) is 0. The molecular weight excluding hydrogens is 317 g/mol. The van der Waals surface area contributed by atoms with Crippen molar-refractivity contribution >= 4 is 35.1 Å². The van der Waals surface area contributed by atoms with E-state index in [0.717, 1.165) is 0 Å². The largest absolute Gasteiger partial charge is 0.482 e. The maximum Gasteiger partial charge on any atom is 0.326 e. The van der Waals surface area contributed by atoms with Gasteiger partial charge in [0.25, 0.3) is 5.91 Å². The summed E-state index contributed by atoms with van der Waals surface area (Å²) in [4.78, 5) is 22.9. The molecule has 0 aliphatic rings. The van der Waals surface area contributed by atoms with Gasteiger partial charge in [0.2, 0.25) is 0 Å². The van der Waals surface area contributed by atoms with Gasteiger partial charge in [-0.3, -0.25) is 4.79 Å². The molecule has 0 fully saturated rings. The Morgan fingerprint density at radius 3 is 2.57 bits per heavy atom. The van der Waals surface area contributed by atoms with E-state index in [4.69, 9.17) is 33.0 Å². The van der Waals surface area contributed by atoms with Crippen LogP contribution in [0.4, 0.5) is 0 Å². The fourth-order valence-electron chi connectivity index (χ4n) is 1.63. The number of amides is 1. The molecule has 1 rings (SSSR count). The average Bonchev–Trinajstić information content (AvgIpc) is 2.42. The van der Waals surface area contributed by atoms with Gasteiger partial charge < -0.3 is 15.2 Å². The predicted molar refractivity (Wildman–Crippen MR) is 81.0 cm³/mol. The van der Waals surface area contributed by atoms with Crippen molar-refractivity contribution in [2.75, 3.05) is 6.61 Å². The molecule has 7 heteroatoms. The number of carbonyl (C=O) groups is 2. The van der Waals surface area contributed by atoms with Crippen LogP contribution in [0.15, 0.2) is 18.2 Å². The number of halogens is 2. The molecular formula is C14H17Cl2NO4. The van der Waals surface area contributed by atoms with Gasteiger partial charge >= 0.3 is 5.97 Å². The molecule has 0 bridgehead atoms. The number of aliphatic carboxylic acids is 1. The van der Waals surface area contributed by atoms with Crippen LogP contribution < -0.4 is 10.1 Å². The van der Waals surface area contributed by atoms with E-state index in [2.05, 4.69) is 5.32 Å². The van der Waals surface area contributed by atoms with Crippen LogP contribution in [0.1, 0.15) is 20.3 Å². The molecule has 1 aromatic carbocycles. The minimum absolute atomic E-state index is 0.175. The van der Waals surface area contributed by atoms with E-state index in [9.17, 15) is 9.59 Å². The van der Waals surface area contributed by atoms with Gasteiger partial charge in [0.15, 0.2) is 6.61 Å². The number of carbonyl (C=O) groups excluding carboxylic acids is 1. The zero-order valence-electron chi connectivity index (χ0n) is 11.7. The second kappa shape index (κ2) is 8.10. The Morgan fingerprint density at radius 2 is 2.05 bits per heavy atom. The fourth-order valence-corrected chi connectivity index (χ4v) is 2.10. The highest BCUT2D eigenvalue weighted by molar-refractivity contribution is 6.35. The van der Waals surface area contributed by atoms with Crippen molar-refractivity contribution in [2.45, 2.75) is 26.3 Å². The summed E-state index contributed by atoms with van der Waals surface area (Å²) in [5.41, 5.74) is 0. The minimum atomic E-state index is -1.07. The SMILES string of the molecule is CCC(C)C(NC(=O)COc1ccc(Cl)cc1Cl)C(=O)O. The number of benzene rings is 1. The summed E-state index contributed by atoms with van der Waals surface area (Å²) in [5, 5.41) is 12.3. The smallest absolute Gasteiger partial charge is 0.326 e. The van der Waals surface area contributed by atoms with Crippen LogP contribution in [-0.4, -0.2) is 29.6 Å². The molecule has 0 radical (unpaired) electrons. The lowest BCUT2D eigenvalue weighted by molar-refractivity contribution is -0.143. The molecule has 0 aliphatic heterocycles. The Labute approximate surface area is 133 Å². The second-order valence-electron chi connectivity index (χ2n) is 4.63. The monoisotopic (exact) mass is 333 g/mol. The Hall–Kier alpha value is -1.46. The maximum atomic E-state index is 11.8. The summed E-state index contributed by atoms with van der Waals surface area (Å²) in [6.45, 7) is 3.30. The van der Waals surface area contributed by atoms with Gasteiger partial charge in [0.05, 0.1) is 5.02 Å². The molecule has 21 heavy (non-hydrogen) atoms. The Kier molecular flexibility index (Phi) is 6.78. The van der Waals surface area contributed by atoms with Crippen LogP contribution >= 0.6 is 23.2 Å². The van der Waals surface area contributed by atoms with Crippen LogP contribution in [0, 0.1) is 5.92 Å². The van der Waals surface area contributed by atoms with Crippen molar-refractivity contribution in [3.8, 4) is 5.75 Å². The molecule has 1 aromatic rings. The average molecular weight is 334 g/mol. The molecule has 0 heterocycles. The first-order valence-corrected chi connectivity index (χ1v) is 7.20. The van der Waals surface area contributed by atoms with Gasteiger partial charge in [0.1, 0.15) is 11.8 Å². The zero-order chi connectivity index (χ0) is 16.0. The van der Waals surface area contributed by atoms with Crippen molar-refractivity contribution in [1.82, 2.24) is 5.32 Å². The third kappa shape index (κ3) is 5.44. The molecule has 5 nitrogen and oxygen atoms in total. The van der Waals surface area contributed by atoms with Crippen molar-refractivity contribution < 1.29 is 19.4 Å². The highest BCUT2D eigenvalue weighted by atomic mass is 35.5. The molecule has 0 saturated carbocycles. The van der Waals surface area contributed by atoms with Gasteiger partial charge in [-0.25, -0.2) is 4.79 Å². The van der Waals surface area contributed by atoms with E-state index in [1.54, 1.807) is 19.1 Å². The zero-order valence-corrected chi connectivity index (χ0v) is 13.2. The van der Waals surface area contributed by atoms with Crippen molar-refractivity contribution in [3.05, 3.63) is 28.2 Å². The standard InChI is InChI=1S/C14H17Cl2NO4/c1-3-8(2)13(14(19)20)17-12(18)7-21-11-5-4-9(15)6-10(11)16/h4-6,8,13H,3,7H2,1-2H3,(H,17,18)(H,19,20). The third-order valence-corrected chi connectivity index (χ3v) is 3.58. The van der Waals surface area contributed by atoms with Crippen molar-refractivity contribution in [1.29, 1.82) is 0 Å². The van der Waals surface area contributed by atoms with Gasteiger partial charge in [0, 0.05) is 5.02 Å². The van der Waals surface area contributed by atoms with E-state index < -0.39 is 17.9 Å². The predicted octanol–water partition coefficient (Wildman–Crippen LogP) is 2.99. The Bertz CT molecular complexity index is 522. The summed E-state index contributed by atoms with van der Waals surface area (Å²) in [6.07, 6.45) is 0.640. The molecule has 0 aromatic heterocycles. The molecule has 116 valence electrons. The first kappa shape index (κ1) is 17.6. The molecule has 0 aliphatic carbocycles. The van der Waals surface area contributed by atoms with Gasteiger partial charge in [-0.15, -0.1) is 0 Å². The van der Waals surface area contributed by atoms with E-state index in [-0.39, 0.29) is 17.5 Å². The van der Waals surface area contributed by atoms with Gasteiger partial charge in [-0.1, -0.05) is 43.5 Å². The maximum absolute atomic E-state index is 11.8. The number of hydrogen-bond acceptors (Lipinski definition) is 3. The minimum Gasteiger partial charge on any atom is -0.482 e. The lowest BCUT2D eigenvalue weighted by atomic mass is 9.99. The number of rotatable bonds is 7. The molecule has 2 unspecified atom stereocenters. The quantitative estimate of drug-likeness (QED) is 0.804. The highest BCUT2D eigenvalue weighted by Crippen LogP contribution is 2.27. The summed E-state index contributed by atoms with van der Waals surface area (Å²) < 4.78 is 5.25. The molecule has 0 saturated heterocycles. The molecule has 0 spiro atoms. The van der Waals surface area contributed by atoms with Crippen molar-refractivity contribution in [2.24, 2.45) is 5.92 Å². The van der Waals surface area contributed by atoms with Gasteiger partial charge in [-0.2, -0.15) is 0 Å². The second-order valence-corrected chi connectivity index (χ2v) is 5.48. The summed E-state index contributed by atoms with van der Waals surface area (Å²) in [5.74, 6) is -1.45. The Morgan fingerprint density at radius 1 is 1.38 bits per heavy atom. The first-order valence-electron chi connectivity index (χ1n) is 6.45. The van der Waals surface area contributed by atoms with Crippen LogP contribution in [0.5, 0.6) is 5.75 Å². The first-order chi connectivity index (χ1) is 9.85. The number of carboxylic acids is 1. The number of hydrogen-bond donors (Lipinski definition) is 2. The summed E-state index contributed by atoms with van der Waals surface area (Å²) >= 11 is 11.7. The fraction of sp³-hybridized carbons (Fsp3) is 0.429. The Balaban J connectivity index is 2.58. The number of carboxylic acid groups (broad SMARTS) is 1. The highest BCUT2D eigenvalue weighted by Gasteiger charge is 2.25. The molecule has 1 amide bonds. The number of nitrogens with one attached hydrogen (secondary N) is 1. The lowest BCUT2D eigenvalue weighted by Gasteiger charge is -2.20. The van der Waals surface area contributed by atoms with Crippen LogP contribution in [0.25, 0.3) is 0 Å². The third-order valence-electron chi connectivity index (χ3n) is 3.05. The van der Waals surface area contributed by atoms with Crippen molar-refractivity contribution in [3.63, 3.8) is 0 Å².